The lowest BCUT2D eigenvalue weighted by Crippen LogP contribution is -2.31. The topological polar surface area (TPSA) is 32.7 Å². The van der Waals surface area contributed by atoms with Crippen molar-refractivity contribution in [2.75, 3.05) is 20.2 Å². The lowest BCUT2D eigenvalue weighted by atomic mass is 10.0. The molecule has 0 aromatic heterocycles. The van der Waals surface area contributed by atoms with E-state index in [1.54, 1.807) is 7.11 Å². The third-order valence-electron chi connectivity index (χ3n) is 4.14. The van der Waals surface area contributed by atoms with Gasteiger partial charge in [-0.2, -0.15) is 0 Å². The third kappa shape index (κ3) is 3.27. The number of ether oxygens (including phenoxy) is 1. The molecule has 3 nitrogen and oxygen atoms in total. The molecule has 2 unspecified atom stereocenters. The smallest absolute Gasteiger partial charge is 0.264 e. The minimum Gasteiger partial charge on any atom is -0.497 e. The Kier molecular flexibility index (Phi) is 4.94. The molecule has 1 aliphatic heterocycles. The molecule has 0 bridgehead atoms. The van der Waals surface area contributed by atoms with Gasteiger partial charge in [-0.3, -0.25) is 4.90 Å². The number of aliphatic hydroxyl groups excluding tert-OH is 1. The molecular weight excluding hydrogens is 264 g/mol. The molecule has 1 aromatic carbocycles. The van der Waals surface area contributed by atoms with Gasteiger partial charge in [0.25, 0.3) is 6.43 Å². The molecule has 0 spiro atoms. The van der Waals surface area contributed by atoms with Crippen molar-refractivity contribution in [3.8, 4) is 5.75 Å². The number of hydrogen-bond acceptors (Lipinski definition) is 3. The fourth-order valence-electron chi connectivity index (χ4n) is 2.74. The summed E-state index contributed by atoms with van der Waals surface area (Å²) in [7, 11) is 1.62. The quantitative estimate of drug-likeness (QED) is 0.903. The number of nitrogens with zero attached hydrogens (tertiary/aromatic N) is 1. The van der Waals surface area contributed by atoms with Crippen LogP contribution in [0.2, 0.25) is 0 Å². The van der Waals surface area contributed by atoms with Gasteiger partial charge < -0.3 is 9.84 Å². The largest absolute Gasteiger partial charge is 0.497 e. The summed E-state index contributed by atoms with van der Waals surface area (Å²) in [6.07, 6.45) is -3.55. The van der Waals surface area contributed by atoms with Crippen molar-refractivity contribution >= 4 is 0 Å². The van der Waals surface area contributed by atoms with E-state index in [0.717, 1.165) is 17.9 Å². The first-order valence-electron chi connectivity index (χ1n) is 6.87. The molecule has 0 amide bonds. The zero-order valence-corrected chi connectivity index (χ0v) is 11.8. The van der Waals surface area contributed by atoms with Crippen LogP contribution in [0.1, 0.15) is 24.9 Å². The van der Waals surface area contributed by atoms with Crippen LogP contribution in [0.5, 0.6) is 5.75 Å². The van der Waals surface area contributed by atoms with Crippen LogP contribution in [0.3, 0.4) is 0 Å². The molecule has 0 aliphatic carbocycles. The first-order chi connectivity index (χ1) is 9.52. The van der Waals surface area contributed by atoms with Crippen molar-refractivity contribution in [3.05, 3.63) is 29.8 Å². The van der Waals surface area contributed by atoms with Crippen molar-refractivity contribution in [2.45, 2.75) is 31.9 Å². The zero-order chi connectivity index (χ0) is 14.7. The standard InChI is InChI=1S/C15H21F2NO2/c1-10(11-3-5-13(20-2)6-4-11)18-8-7-12(9-18)14(19)15(16)17/h3-6,10,12,14-15,19H,7-9H2,1-2H3/t10-,12?,14?/m1/s1. The highest BCUT2D eigenvalue weighted by atomic mass is 19.3. The summed E-state index contributed by atoms with van der Waals surface area (Å²) in [5.41, 5.74) is 1.12. The molecule has 0 radical (unpaired) electrons. The van der Waals surface area contributed by atoms with E-state index in [-0.39, 0.29) is 12.0 Å². The molecule has 2 rings (SSSR count). The van der Waals surface area contributed by atoms with Crippen molar-refractivity contribution < 1.29 is 18.6 Å². The third-order valence-corrected chi connectivity index (χ3v) is 4.14. The van der Waals surface area contributed by atoms with Gasteiger partial charge in [0.2, 0.25) is 0 Å². The molecule has 1 aromatic rings. The molecule has 0 saturated carbocycles. The van der Waals surface area contributed by atoms with E-state index in [4.69, 9.17) is 4.74 Å². The van der Waals surface area contributed by atoms with Crippen LogP contribution >= 0.6 is 0 Å². The van der Waals surface area contributed by atoms with Gasteiger partial charge in [-0.05, 0) is 37.6 Å². The SMILES string of the molecule is COc1ccc([C@@H](C)N2CCC(C(O)C(F)F)C2)cc1. The van der Waals surface area contributed by atoms with Crippen LogP contribution in [0.15, 0.2) is 24.3 Å². The lowest BCUT2D eigenvalue weighted by molar-refractivity contribution is -0.0367. The number of likely N-dealkylation sites (tertiary alicyclic amines) is 1. The molecule has 1 fully saturated rings. The summed E-state index contributed by atoms with van der Waals surface area (Å²) in [6.45, 7) is 3.30. The van der Waals surface area contributed by atoms with E-state index in [0.29, 0.717) is 13.0 Å². The minimum absolute atomic E-state index is 0.149. The Morgan fingerprint density at radius 3 is 2.50 bits per heavy atom. The number of hydrogen-bond donors (Lipinski definition) is 1. The second-order valence-corrected chi connectivity index (χ2v) is 5.32. The molecule has 3 atom stereocenters. The normalized spacial score (nSPS) is 23.0. The molecule has 1 aliphatic rings. The van der Waals surface area contributed by atoms with E-state index < -0.39 is 12.5 Å². The van der Waals surface area contributed by atoms with Crippen LogP contribution in [-0.4, -0.2) is 42.7 Å². The second kappa shape index (κ2) is 6.50. The predicted octanol–water partition coefficient (Wildman–Crippen LogP) is 2.70. The summed E-state index contributed by atoms with van der Waals surface area (Å²) >= 11 is 0. The Morgan fingerprint density at radius 2 is 1.95 bits per heavy atom. The monoisotopic (exact) mass is 285 g/mol. The number of halogens is 2. The molecule has 1 saturated heterocycles. The maximum Gasteiger partial charge on any atom is 0.264 e. The Morgan fingerprint density at radius 1 is 1.30 bits per heavy atom. The lowest BCUT2D eigenvalue weighted by Gasteiger charge is -2.25. The summed E-state index contributed by atoms with van der Waals surface area (Å²) in [5, 5.41) is 9.47. The van der Waals surface area contributed by atoms with E-state index in [1.165, 1.54) is 0 Å². The predicted molar refractivity (Wildman–Crippen MR) is 73.1 cm³/mol. The minimum atomic E-state index is -2.66. The van der Waals surface area contributed by atoms with Crippen molar-refractivity contribution in [3.63, 3.8) is 0 Å². The van der Waals surface area contributed by atoms with Gasteiger partial charge in [-0.1, -0.05) is 12.1 Å². The fourth-order valence-corrected chi connectivity index (χ4v) is 2.74. The molecular formula is C15H21F2NO2. The molecule has 112 valence electrons. The van der Waals surface area contributed by atoms with Gasteiger partial charge in [-0.25, -0.2) is 8.78 Å². The number of rotatable bonds is 5. The second-order valence-electron chi connectivity index (χ2n) is 5.32. The van der Waals surface area contributed by atoms with Crippen molar-refractivity contribution in [1.82, 2.24) is 4.90 Å². The Balaban J connectivity index is 1.98. The number of methoxy groups -OCH3 is 1. The van der Waals surface area contributed by atoms with Crippen LogP contribution in [-0.2, 0) is 0 Å². The van der Waals surface area contributed by atoms with E-state index in [9.17, 15) is 13.9 Å². The van der Waals surface area contributed by atoms with Crippen LogP contribution in [0.4, 0.5) is 8.78 Å². The van der Waals surface area contributed by atoms with E-state index in [1.807, 2.05) is 24.3 Å². The van der Waals surface area contributed by atoms with Crippen LogP contribution in [0, 0.1) is 5.92 Å². The molecule has 1 N–H and O–H groups in total. The zero-order valence-electron chi connectivity index (χ0n) is 11.8. The Bertz CT molecular complexity index is 424. The van der Waals surface area contributed by atoms with Crippen LogP contribution in [0.25, 0.3) is 0 Å². The van der Waals surface area contributed by atoms with Crippen molar-refractivity contribution in [2.24, 2.45) is 5.92 Å². The summed E-state index contributed by atoms with van der Waals surface area (Å²) < 4.78 is 30.2. The van der Waals surface area contributed by atoms with Gasteiger partial charge >= 0.3 is 0 Å². The van der Waals surface area contributed by atoms with Gasteiger partial charge in [0, 0.05) is 18.5 Å². The Labute approximate surface area is 118 Å². The molecule has 5 heteroatoms. The van der Waals surface area contributed by atoms with Crippen LogP contribution < -0.4 is 4.74 Å². The highest BCUT2D eigenvalue weighted by Crippen LogP contribution is 2.31. The molecule has 20 heavy (non-hydrogen) atoms. The average molecular weight is 285 g/mol. The number of benzene rings is 1. The average Bonchev–Trinajstić information content (AvgIpc) is 2.95. The Hall–Kier alpha value is -1.20. The van der Waals surface area contributed by atoms with Gasteiger partial charge in [-0.15, -0.1) is 0 Å². The summed E-state index contributed by atoms with van der Waals surface area (Å²) in [6, 6.07) is 7.91. The van der Waals surface area contributed by atoms with E-state index >= 15 is 0 Å². The number of alkyl halides is 2. The highest BCUT2D eigenvalue weighted by molar-refractivity contribution is 5.29. The first kappa shape index (κ1) is 15.2. The first-order valence-corrected chi connectivity index (χ1v) is 6.87. The van der Waals surface area contributed by atoms with Gasteiger partial charge in [0.1, 0.15) is 11.9 Å². The maximum absolute atomic E-state index is 12.5. The maximum atomic E-state index is 12.5. The van der Waals surface area contributed by atoms with E-state index in [2.05, 4.69) is 11.8 Å². The van der Waals surface area contributed by atoms with Gasteiger partial charge in [0.05, 0.1) is 7.11 Å². The summed E-state index contributed by atoms with van der Waals surface area (Å²) in [4.78, 5) is 2.14. The van der Waals surface area contributed by atoms with Crippen molar-refractivity contribution in [1.29, 1.82) is 0 Å². The summed E-state index contributed by atoms with van der Waals surface area (Å²) in [5.74, 6) is 0.462. The highest BCUT2D eigenvalue weighted by Gasteiger charge is 2.35. The van der Waals surface area contributed by atoms with Gasteiger partial charge in [0.15, 0.2) is 0 Å². The fraction of sp³-hybridized carbons (Fsp3) is 0.600. The molecule has 1 heterocycles. The number of aliphatic hydroxyl groups is 1.